The molecule has 0 unspecified atom stereocenters. The summed E-state index contributed by atoms with van der Waals surface area (Å²) in [7, 11) is 0. The Morgan fingerprint density at radius 3 is 1.94 bits per heavy atom. The van der Waals surface area contributed by atoms with Crippen LogP contribution in [-0.2, 0) is 0 Å². The lowest BCUT2D eigenvalue weighted by Crippen LogP contribution is -1.93. The van der Waals surface area contributed by atoms with Gasteiger partial charge in [-0.25, -0.2) is 0 Å². The maximum atomic E-state index is 10.3. The van der Waals surface area contributed by atoms with Gasteiger partial charge in [-0.05, 0) is 94.6 Å². The van der Waals surface area contributed by atoms with Gasteiger partial charge in [0.15, 0.2) is 0 Å². The van der Waals surface area contributed by atoms with Gasteiger partial charge in [-0.3, -0.25) is 0 Å². The normalized spacial score (nSPS) is 19.3. The summed E-state index contributed by atoms with van der Waals surface area (Å²) in [6.45, 7) is 0. The molecule has 0 fully saturated rings. The molecule has 0 N–H and O–H groups in total. The highest BCUT2D eigenvalue weighted by atomic mass is 16.3. The lowest BCUT2D eigenvalue weighted by atomic mass is 9.83. The Kier molecular flexibility index (Phi) is 2.50. The van der Waals surface area contributed by atoms with E-state index in [4.69, 9.17) is 29.1 Å². The number of fused-ring (bicyclic) bond motifs is 8. The largest absolute Gasteiger partial charge is 0.456 e. The molecule has 0 saturated carbocycles. The lowest BCUT2D eigenvalue weighted by Gasteiger charge is -2.20. The average molecular weight is 622 g/mol. The Morgan fingerprint density at radius 2 is 1.04 bits per heavy atom. The van der Waals surface area contributed by atoms with Gasteiger partial charge in [-0.1, -0.05) is 151 Å². The highest BCUT2D eigenvalue weighted by Crippen LogP contribution is 2.48. The number of hydrogen-bond donors (Lipinski definition) is 0. The number of furan rings is 1. The molecule has 0 radical (unpaired) electrons. The van der Waals surface area contributed by atoms with Crippen LogP contribution in [0.3, 0.4) is 0 Å². The van der Waals surface area contributed by atoms with Gasteiger partial charge in [-0.15, -0.1) is 0 Å². The van der Waals surface area contributed by atoms with Crippen LogP contribution in [0.4, 0.5) is 0 Å². The summed E-state index contributed by atoms with van der Waals surface area (Å²) < 4.78 is 231. The molecule has 47 heavy (non-hydrogen) atoms. The first kappa shape index (κ1) is 11.6. The highest BCUT2D eigenvalue weighted by Gasteiger charge is 2.21. The maximum Gasteiger partial charge on any atom is 0.136 e. The summed E-state index contributed by atoms with van der Waals surface area (Å²) in [5.41, 5.74) is -4.26. The molecule has 218 valence electrons. The van der Waals surface area contributed by atoms with Crippen LogP contribution in [0.25, 0.3) is 98.4 Å². The maximum absolute atomic E-state index is 10.3. The zero-order valence-electron chi connectivity index (χ0n) is 48.6. The zero-order valence-corrected chi connectivity index (χ0v) is 23.6. The van der Waals surface area contributed by atoms with Crippen molar-refractivity contribution in [2.24, 2.45) is 0 Å². The minimum absolute atomic E-state index is 0.100. The molecule has 1 nitrogen and oxygen atoms in total. The Balaban J connectivity index is 1.61. The van der Waals surface area contributed by atoms with Gasteiger partial charge in [-0.2, -0.15) is 0 Å². The van der Waals surface area contributed by atoms with Gasteiger partial charge in [0.05, 0.1) is 34.3 Å². The monoisotopic (exact) mass is 621 g/mol. The molecule has 1 heteroatoms. The summed E-state index contributed by atoms with van der Waals surface area (Å²) in [5.74, 6) is 0. The van der Waals surface area contributed by atoms with Crippen molar-refractivity contribution in [2.75, 3.05) is 0 Å². The molecule has 0 atom stereocenters. The van der Waals surface area contributed by atoms with Crippen LogP contribution in [0.15, 0.2) is 174 Å². The van der Waals surface area contributed by atoms with Crippen molar-refractivity contribution in [1.29, 1.82) is 0 Å². The second-order valence-corrected chi connectivity index (χ2v) is 10.5. The molecule has 0 amide bonds. The summed E-state index contributed by atoms with van der Waals surface area (Å²) in [5, 5.41) is -4.11. The third-order valence-electron chi connectivity index (χ3n) is 8.06. The van der Waals surface area contributed by atoms with Crippen molar-refractivity contribution in [2.45, 2.75) is 0 Å². The molecule has 1 aromatic heterocycles. The summed E-state index contributed by atoms with van der Waals surface area (Å²) in [4.78, 5) is 0. The predicted octanol–water partition coefficient (Wildman–Crippen LogP) is 13.2. The molecular formula is C46H28O. The van der Waals surface area contributed by atoms with Crippen LogP contribution >= 0.6 is 0 Å². The van der Waals surface area contributed by atoms with Crippen LogP contribution < -0.4 is 0 Å². The Hall–Kier alpha value is -6.18. The fourth-order valence-corrected chi connectivity index (χ4v) is 6.14. The minimum atomic E-state index is -0.910. The van der Waals surface area contributed by atoms with E-state index in [1.165, 1.54) is 0 Å². The average Bonchev–Trinajstić information content (AvgIpc) is 3.72. The molecule has 0 aliphatic rings. The highest BCUT2D eigenvalue weighted by molar-refractivity contribution is 6.28. The first-order valence-corrected chi connectivity index (χ1v) is 14.1. The Morgan fingerprint density at radius 1 is 0.362 bits per heavy atom. The topological polar surface area (TPSA) is 13.1 Å². The summed E-state index contributed by atoms with van der Waals surface area (Å²) in [6.07, 6.45) is 0. The van der Waals surface area contributed by atoms with Crippen LogP contribution in [0.2, 0.25) is 0 Å². The molecule has 0 aliphatic heterocycles. The SMILES string of the molecule is [2H]c1cc2c(oc3c([2H])c(-c4c5c([2H])c([2H])c([2H])cc5c(-c5c([2H])c([2H])c([2H])c([2H])c5[2H])c5cc([2H])c(-c6c([2H])c([2H])c([2H])c7c([2H])c([2H])c([2H])c([2H])c67)c([2H])c45)c4c([2H])c([2H])c([2H])c([2H])c4c32)c([2H])c1[2H]. The standard InChI is InChI=1S/C46H28O/c1-2-14-30(15-3-1)44-36-20-8-9-21-37(36)45(40-27-31(25-26-38(40)44)33-23-12-16-29-13-4-5-17-32(29)33)41-28-43-46(35-19-7-6-18-34(35)41)39-22-10-11-24-42(39)47-43/h1-28H/i1D,2D,3D,4D,5D,6D,7D,8D,9D,10D,11D,12D,13D,14D,15D,16D,17D,18D,19D,21D,23D,24D,25D,27D,28D. The quantitative estimate of drug-likeness (QED) is 0.179. The summed E-state index contributed by atoms with van der Waals surface area (Å²) >= 11 is 0. The van der Waals surface area contributed by atoms with E-state index < -0.39 is 222 Å². The molecule has 0 saturated heterocycles. The molecule has 1 heterocycles. The van der Waals surface area contributed by atoms with Crippen LogP contribution in [0.1, 0.15) is 34.3 Å². The summed E-state index contributed by atoms with van der Waals surface area (Å²) in [6, 6.07) is -16.6. The van der Waals surface area contributed by atoms with Gasteiger partial charge in [0.1, 0.15) is 11.2 Å². The second kappa shape index (κ2) is 10.2. The predicted molar refractivity (Wildman–Crippen MR) is 200 cm³/mol. The van der Waals surface area contributed by atoms with E-state index in [0.29, 0.717) is 0 Å². The molecule has 9 aromatic carbocycles. The van der Waals surface area contributed by atoms with Crippen LogP contribution in [-0.4, -0.2) is 0 Å². The van der Waals surface area contributed by atoms with Gasteiger partial charge in [0.2, 0.25) is 0 Å². The molecule has 0 spiro atoms. The van der Waals surface area contributed by atoms with Crippen molar-refractivity contribution >= 4 is 65.0 Å². The Labute approximate surface area is 307 Å². The van der Waals surface area contributed by atoms with Crippen molar-refractivity contribution in [1.82, 2.24) is 0 Å². The van der Waals surface area contributed by atoms with E-state index in [2.05, 4.69) is 0 Å². The first-order valence-electron chi connectivity index (χ1n) is 26.6. The fraction of sp³-hybridized carbons (Fsp3) is 0. The van der Waals surface area contributed by atoms with E-state index >= 15 is 0 Å². The number of benzene rings is 9. The second-order valence-electron chi connectivity index (χ2n) is 10.5. The molecule has 0 bridgehead atoms. The number of hydrogen-bond acceptors (Lipinski definition) is 1. The molecular weight excluding hydrogens is 569 g/mol. The number of rotatable bonds is 3. The van der Waals surface area contributed by atoms with Crippen molar-refractivity contribution in [3.63, 3.8) is 0 Å². The van der Waals surface area contributed by atoms with Gasteiger partial charge < -0.3 is 4.42 Å². The van der Waals surface area contributed by atoms with E-state index in [1.807, 2.05) is 0 Å². The first-order chi connectivity index (χ1) is 33.7. The van der Waals surface area contributed by atoms with Gasteiger partial charge in [0, 0.05) is 10.8 Å². The van der Waals surface area contributed by atoms with Gasteiger partial charge >= 0.3 is 0 Å². The van der Waals surface area contributed by atoms with Gasteiger partial charge in [0.25, 0.3) is 0 Å². The fourth-order valence-electron chi connectivity index (χ4n) is 6.14. The lowest BCUT2D eigenvalue weighted by molar-refractivity contribution is 0.669. The number of para-hydroxylation sites is 1. The van der Waals surface area contributed by atoms with E-state index in [-0.39, 0.29) is 27.1 Å². The zero-order chi connectivity index (χ0) is 52.7. The van der Waals surface area contributed by atoms with Crippen molar-refractivity contribution < 1.29 is 38.7 Å². The van der Waals surface area contributed by atoms with Crippen molar-refractivity contribution in [3.8, 4) is 33.4 Å². The third kappa shape index (κ3) is 3.90. The molecule has 10 aromatic rings. The van der Waals surface area contributed by atoms with Crippen molar-refractivity contribution in [3.05, 3.63) is 169 Å². The molecule has 0 aliphatic carbocycles. The van der Waals surface area contributed by atoms with E-state index in [1.54, 1.807) is 0 Å². The molecule has 10 rings (SSSR count). The van der Waals surface area contributed by atoms with E-state index in [0.717, 1.165) is 18.2 Å². The third-order valence-corrected chi connectivity index (χ3v) is 8.06. The minimum Gasteiger partial charge on any atom is -0.456 e. The van der Waals surface area contributed by atoms with Crippen LogP contribution in [0, 0.1) is 0 Å². The van der Waals surface area contributed by atoms with E-state index in [9.17, 15) is 9.60 Å². The van der Waals surface area contributed by atoms with Crippen LogP contribution in [0.5, 0.6) is 0 Å². The Bertz CT molecular complexity index is 4230. The smallest absolute Gasteiger partial charge is 0.136 e.